The molecule has 1 atom stereocenters. The second-order valence-corrected chi connectivity index (χ2v) is 7.92. The predicted molar refractivity (Wildman–Crippen MR) is 92.5 cm³/mol. The van der Waals surface area contributed by atoms with Crippen molar-refractivity contribution in [2.45, 2.75) is 11.3 Å². The molecular formula is C17H17N3O5S. The van der Waals surface area contributed by atoms with Crippen molar-refractivity contribution in [1.29, 1.82) is 0 Å². The van der Waals surface area contributed by atoms with Gasteiger partial charge in [-0.15, -0.1) is 0 Å². The first-order valence-electron chi connectivity index (χ1n) is 8.13. The Morgan fingerprint density at radius 1 is 1.23 bits per heavy atom. The molecule has 2 aliphatic heterocycles. The molecule has 0 spiro atoms. The zero-order chi connectivity index (χ0) is 18.1. The molecule has 1 aromatic heterocycles. The van der Waals surface area contributed by atoms with E-state index in [2.05, 4.69) is 9.71 Å². The number of rotatable bonds is 5. The van der Waals surface area contributed by atoms with Gasteiger partial charge in [-0.05, 0) is 30.2 Å². The zero-order valence-electron chi connectivity index (χ0n) is 13.8. The van der Waals surface area contributed by atoms with Crippen molar-refractivity contribution in [1.82, 2.24) is 9.71 Å². The SMILES string of the molecule is O=C1CC(CNS(=O)(=O)c2cccnc2)CN1c1ccc2c(c1)OCO2. The van der Waals surface area contributed by atoms with Crippen LogP contribution in [-0.4, -0.2) is 39.2 Å². The average Bonchev–Trinajstić information content (AvgIpc) is 3.26. The minimum atomic E-state index is -3.63. The predicted octanol–water partition coefficient (Wildman–Crippen LogP) is 1.14. The highest BCUT2D eigenvalue weighted by Crippen LogP contribution is 2.37. The van der Waals surface area contributed by atoms with Gasteiger partial charge in [0, 0.05) is 43.7 Å². The number of anilines is 1. The summed E-state index contributed by atoms with van der Waals surface area (Å²) in [5, 5.41) is 0. The van der Waals surface area contributed by atoms with E-state index >= 15 is 0 Å². The van der Waals surface area contributed by atoms with Crippen molar-refractivity contribution in [2.24, 2.45) is 5.92 Å². The van der Waals surface area contributed by atoms with Gasteiger partial charge in [0.15, 0.2) is 11.5 Å². The minimum Gasteiger partial charge on any atom is -0.454 e. The van der Waals surface area contributed by atoms with E-state index in [4.69, 9.17) is 9.47 Å². The number of carbonyl (C=O) groups is 1. The molecule has 1 N–H and O–H groups in total. The lowest BCUT2D eigenvalue weighted by Gasteiger charge is -2.17. The molecule has 2 aromatic rings. The summed E-state index contributed by atoms with van der Waals surface area (Å²) in [6, 6.07) is 8.38. The molecule has 0 bridgehead atoms. The zero-order valence-corrected chi connectivity index (χ0v) is 14.6. The van der Waals surface area contributed by atoms with Crippen LogP contribution in [0.5, 0.6) is 11.5 Å². The number of aromatic nitrogens is 1. The Bertz CT molecular complexity index is 933. The molecule has 1 amide bonds. The number of carbonyl (C=O) groups excluding carboxylic acids is 1. The number of pyridine rings is 1. The maximum atomic E-state index is 12.3. The lowest BCUT2D eigenvalue weighted by Crippen LogP contribution is -2.31. The Labute approximate surface area is 150 Å². The molecule has 3 heterocycles. The standard InChI is InChI=1S/C17H17N3O5S/c21-17-6-12(8-19-26(22,23)14-2-1-5-18-9-14)10-20(17)13-3-4-15-16(7-13)25-11-24-15/h1-5,7,9,12,19H,6,8,10-11H2. The number of nitrogens with zero attached hydrogens (tertiary/aromatic N) is 2. The molecule has 8 nitrogen and oxygen atoms in total. The van der Waals surface area contributed by atoms with E-state index in [-0.39, 0.29) is 36.5 Å². The molecule has 4 rings (SSSR count). The van der Waals surface area contributed by atoms with Crippen molar-refractivity contribution in [3.05, 3.63) is 42.7 Å². The van der Waals surface area contributed by atoms with Crippen LogP contribution in [0, 0.1) is 5.92 Å². The number of sulfonamides is 1. The normalized spacial score (nSPS) is 19.2. The molecule has 0 radical (unpaired) electrons. The monoisotopic (exact) mass is 375 g/mol. The fourth-order valence-electron chi connectivity index (χ4n) is 3.04. The van der Waals surface area contributed by atoms with E-state index in [9.17, 15) is 13.2 Å². The number of benzene rings is 1. The van der Waals surface area contributed by atoms with Crippen LogP contribution in [0.2, 0.25) is 0 Å². The summed E-state index contributed by atoms with van der Waals surface area (Å²) in [7, 11) is -3.63. The largest absolute Gasteiger partial charge is 0.454 e. The molecule has 136 valence electrons. The Morgan fingerprint density at radius 2 is 2.08 bits per heavy atom. The van der Waals surface area contributed by atoms with Gasteiger partial charge in [-0.25, -0.2) is 13.1 Å². The van der Waals surface area contributed by atoms with Crippen LogP contribution >= 0.6 is 0 Å². The Balaban J connectivity index is 1.42. The molecule has 9 heteroatoms. The van der Waals surface area contributed by atoms with Gasteiger partial charge < -0.3 is 14.4 Å². The minimum absolute atomic E-state index is 0.0468. The molecule has 0 saturated carbocycles. The van der Waals surface area contributed by atoms with E-state index in [1.807, 2.05) is 0 Å². The summed E-state index contributed by atoms with van der Waals surface area (Å²) >= 11 is 0. The summed E-state index contributed by atoms with van der Waals surface area (Å²) in [5.74, 6) is 1.10. The third kappa shape index (κ3) is 3.23. The topological polar surface area (TPSA) is 97.8 Å². The first kappa shape index (κ1) is 16.8. The number of hydrogen-bond donors (Lipinski definition) is 1. The van der Waals surface area contributed by atoms with Gasteiger partial charge in [0.1, 0.15) is 4.90 Å². The van der Waals surface area contributed by atoms with Crippen molar-refractivity contribution >= 4 is 21.6 Å². The van der Waals surface area contributed by atoms with Crippen LogP contribution in [0.15, 0.2) is 47.6 Å². The Morgan fingerprint density at radius 3 is 2.88 bits per heavy atom. The molecule has 1 fully saturated rings. The summed E-state index contributed by atoms with van der Waals surface area (Å²) in [6.45, 7) is 0.795. The van der Waals surface area contributed by atoms with Crippen molar-refractivity contribution in [3.8, 4) is 11.5 Å². The van der Waals surface area contributed by atoms with Gasteiger partial charge in [-0.2, -0.15) is 0 Å². The second-order valence-electron chi connectivity index (χ2n) is 6.15. The van der Waals surface area contributed by atoms with E-state index in [0.717, 1.165) is 5.69 Å². The third-order valence-electron chi connectivity index (χ3n) is 4.38. The van der Waals surface area contributed by atoms with Crippen LogP contribution in [-0.2, 0) is 14.8 Å². The maximum Gasteiger partial charge on any atom is 0.242 e. The second kappa shape index (κ2) is 6.58. The number of ether oxygens (including phenoxy) is 2. The van der Waals surface area contributed by atoms with Gasteiger partial charge in [-0.1, -0.05) is 0 Å². The van der Waals surface area contributed by atoms with Crippen LogP contribution in [0.4, 0.5) is 5.69 Å². The smallest absolute Gasteiger partial charge is 0.242 e. The molecule has 26 heavy (non-hydrogen) atoms. The molecular weight excluding hydrogens is 358 g/mol. The van der Waals surface area contributed by atoms with Crippen LogP contribution in [0.3, 0.4) is 0 Å². The summed E-state index contributed by atoms with van der Waals surface area (Å²) in [4.78, 5) is 17.9. The van der Waals surface area contributed by atoms with E-state index < -0.39 is 10.0 Å². The van der Waals surface area contributed by atoms with Crippen molar-refractivity contribution in [2.75, 3.05) is 24.8 Å². The Hall–Kier alpha value is -2.65. The van der Waals surface area contributed by atoms with E-state index in [1.165, 1.54) is 18.5 Å². The molecule has 1 saturated heterocycles. The number of hydrogen-bond acceptors (Lipinski definition) is 6. The van der Waals surface area contributed by atoms with E-state index in [0.29, 0.717) is 18.0 Å². The molecule has 1 aromatic carbocycles. The third-order valence-corrected chi connectivity index (χ3v) is 5.79. The van der Waals surface area contributed by atoms with Crippen LogP contribution in [0.25, 0.3) is 0 Å². The molecule has 1 unspecified atom stereocenters. The van der Waals surface area contributed by atoms with Gasteiger partial charge in [0.2, 0.25) is 22.7 Å². The summed E-state index contributed by atoms with van der Waals surface area (Å²) < 4.78 is 37.7. The highest BCUT2D eigenvalue weighted by atomic mass is 32.2. The maximum absolute atomic E-state index is 12.3. The number of fused-ring (bicyclic) bond motifs is 1. The first-order valence-corrected chi connectivity index (χ1v) is 9.61. The molecule has 0 aliphatic carbocycles. The van der Waals surface area contributed by atoms with Crippen molar-refractivity contribution in [3.63, 3.8) is 0 Å². The van der Waals surface area contributed by atoms with Gasteiger partial charge in [0.25, 0.3) is 0 Å². The summed E-state index contributed by atoms with van der Waals surface area (Å²) in [5.41, 5.74) is 0.719. The van der Waals surface area contributed by atoms with Crippen molar-refractivity contribution < 1.29 is 22.7 Å². The van der Waals surface area contributed by atoms with Crippen LogP contribution < -0.4 is 19.1 Å². The summed E-state index contributed by atoms with van der Waals surface area (Å²) in [6.07, 6.45) is 3.09. The lowest BCUT2D eigenvalue weighted by atomic mass is 10.1. The number of nitrogens with one attached hydrogen (secondary N) is 1. The average molecular weight is 375 g/mol. The number of amides is 1. The highest BCUT2D eigenvalue weighted by Gasteiger charge is 2.32. The first-order chi connectivity index (χ1) is 12.5. The van der Waals surface area contributed by atoms with Gasteiger partial charge in [-0.3, -0.25) is 9.78 Å². The van der Waals surface area contributed by atoms with Gasteiger partial charge >= 0.3 is 0 Å². The fraction of sp³-hybridized carbons (Fsp3) is 0.294. The quantitative estimate of drug-likeness (QED) is 0.842. The lowest BCUT2D eigenvalue weighted by molar-refractivity contribution is -0.117. The van der Waals surface area contributed by atoms with Gasteiger partial charge in [0.05, 0.1) is 0 Å². The van der Waals surface area contributed by atoms with Crippen LogP contribution in [0.1, 0.15) is 6.42 Å². The molecule has 2 aliphatic rings. The van der Waals surface area contributed by atoms with E-state index in [1.54, 1.807) is 29.2 Å². The fourth-order valence-corrected chi connectivity index (χ4v) is 4.12. The highest BCUT2D eigenvalue weighted by molar-refractivity contribution is 7.89. The Kier molecular flexibility index (Phi) is 4.25.